The molecule has 0 aromatic heterocycles. The highest BCUT2D eigenvalue weighted by atomic mass is 16.5. The van der Waals surface area contributed by atoms with Gasteiger partial charge in [-0.2, -0.15) is 0 Å². The summed E-state index contributed by atoms with van der Waals surface area (Å²) in [7, 11) is 2.19. The number of carbonyl (C=O) groups excluding carboxylic acids is 1. The van der Waals surface area contributed by atoms with E-state index in [1.165, 1.54) is 13.0 Å². The lowest BCUT2D eigenvalue weighted by atomic mass is 9.87. The highest BCUT2D eigenvalue weighted by molar-refractivity contribution is 5.79. The molecule has 3 fully saturated rings. The predicted octanol–water partition coefficient (Wildman–Crippen LogP) is 0.508. The fraction of sp³-hybridized carbons (Fsp3) is 0.947. The zero-order valence-electron chi connectivity index (χ0n) is 15.7. The number of nitrogens with zero attached hydrogens (tertiary/aromatic N) is 3. The lowest BCUT2D eigenvalue weighted by Gasteiger charge is -2.41. The first-order chi connectivity index (χ1) is 12.2. The van der Waals surface area contributed by atoms with Gasteiger partial charge >= 0.3 is 0 Å². The van der Waals surface area contributed by atoms with E-state index in [1.807, 2.05) is 0 Å². The molecule has 0 saturated carbocycles. The van der Waals surface area contributed by atoms with Gasteiger partial charge in [0.15, 0.2) is 0 Å². The fourth-order valence-electron chi connectivity index (χ4n) is 4.61. The van der Waals surface area contributed by atoms with Crippen molar-refractivity contribution < 1.29 is 14.6 Å². The van der Waals surface area contributed by atoms with E-state index in [9.17, 15) is 9.90 Å². The van der Waals surface area contributed by atoms with E-state index in [1.54, 1.807) is 0 Å². The molecule has 0 bridgehead atoms. The lowest BCUT2D eigenvalue weighted by molar-refractivity contribution is -0.142. The van der Waals surface area contributed by atoms with Crippen LogP contribution in [0.15, 0.2) is 0 Å². The van der Waals surface area contributed by atoms with E-state index in [-0.39, 0.29) is 18.4 Å². The van der Waals surface area contributed by atoms with Gasteiger partial charge in [-0.3, -0.25) is 4.79 Å². The van der Waals surface area contributed by atoms with Gasteiger partial charge in [-0.15, -0.1) is 0 Å². The molecule has 3 aliphatic rings. The van der Waals surface area contributed by atoms with Gasteiger partial charge in [-0.25, -0.2) is 0 Å². The number of hydrogen-bond donors (Lipinski definition) is 1. The van der Waals surface area contributed by atoms with Crippen molar-refractivity contribution in [3.8, 4) is 0 Å². The third-order valence-corrected chi connectivity index (χ3v) is 6.09. The van der Waals surface area contributed by atoms with E-state index in [4.69, 9.17) is 4.74 Å². The van der Waals surface area contributed by atoms with Crippen molar-refractivity contribution in [3.05, 3.63) is 0 Å². The predicted molar refractivity (Wildman–Crippen MR) is 97.4 cm³/mol. The molecule has 2 atom stereocenters. The standard InChI is InChI=1S/C19H35N3O3/c1-20-5-2-6-21(8-7-20)12-16-11-17(15-23)14-22(13-16)19(24)18-3-9-25-10-4-18/h16-18,23H,2-15H2,1H3/t16-,17-/m1/s1. The number of ether oxygens (including phenoxy) is 1. The number of likely N-dealkylation sites (N-methyl/N-ethyl adjacent to an activating group) is 1. The van der Waals surface area contributed by atoms with E-state index >= 15 is 0 Å². The van der Waals surface area contributed by atoms with Crippen LogP contribution in [0.2, 0.25) is 0 Å². The van der Waals surface area contributed by atoms with Crippen LogP contribution in [0.4, 0.5) is 0 Å². The molecule has 1 N–H and O–H groups in total. The van der Waals surface area contributed by atoms with Crippen molar-refractivity contribution in [1.29, 1.82) is 0 Å². The molecule has 0 aliphatic carbocycles. The van der Waals surface area contributed by atoms with Gasteiger partial charge in [0.05, 0.1) is 0 Å². The topological polar surface area (TPSA) is 56.2 Å². The SMILES string of the molecule is CN1CCCN(C[C@H]2C[C@@H](CO)CN(C(=O)C3CCOCC3)C2)CC1. The van der Waals surface area contributed by atoms with Gasteiger partial charge in [0.25, 0.3) is 0 Å². The highest BCUT2D eigenvalue weighted by Gasteiger charge is 2.34. The van der Waals surface area contributed by atoms with Crippen LogP contribution in [-0.2, 0) is 9.53 Å². The van der Waals surface area contributed by atoms with Crippen LogP contribution in [0.5, 0.6) is 0 Å². The molecule has 0 unspecified atom stereocenters. The molecular formula is C19H35N3O3. The molecule has 1 amide bonds. The van der Waals surface area contributed by atoms with Crippen LogP contribution in [0, 0.1) is 17.8 Å². The van der Waals surface area contributed by atoms with Gasteiger partial charge in [-0.05, 0) is 57.7 Å². The summed E-state index contributed by atoms with van der Waals surface area (Å²) < 4.78 is 5.40. The molecule has 3 aliphatic heterocycles. The smallest absolute Gasteiger partial charge is 0.225 e. The first-order valence-corrected chi connectivity index (χ1v) is 10.0. The Labute approximate surface area is 152 Å². The van der Waals surface area contributed by atoms with Crippen LogP contribution >= 0.6 is 0 Å². The van der Waals surface area contributed by atoms with Gasteiger partial charge in [-0.1, -0.05) is 0 Å². The molecule has 0 spiro atoms. The van der Waals surface area contributed by atoms with E-state index in [2.05, 4.69) is 21.7 Å². The number of aliphatic hydroxyl groups excluding tert-OH is 1. The zero-order valence-corrected chi connectivity index (χ0v) is 15.7. The average molecular weight is 354 g/mol. The summed E-state index contributed by atoms with van der Waals surface area (Å²) in [5.74, 6) is 1.14. The maximum absolute atomic E-state index is 12.9. The number of piperidine rings is 1. The third-order valence-electron chi connectivity index (χ3n) is 6.09. The minimum Gasteiger partial charge on any atom is -0.396 e. The van der Waals surface area contributed by atoms with E-state index < -0.39 is 0 Å². The summed E-state index contributed by atoms with van der Waals surface area (Å²) in [6.07, 6.45) is 3.96. The number of rotatable bonds is 4. The summed E-state index contributed by atoms with van der Waals surface area (Å²) in [6, 6.07) is 0. The first kappa shape index (κ1) is 19.1. The Hall–Kier alpha value is -0.690. The van der Waals surface area contributed by atoms with Crippen molar-refractivity contribution in [2.24, 2.45) is 17.8 Å². The molecule has 0 aromatic rings. The summed E-state index contributed by atoms with van der Waals surface area (Å²) in [5, 5.41) is 9.73. The lowest BCUT2D eigenvalue weighted by Crippen LogP contribution is -2.50. The van der Waals surface area contributed by atoms with Gasteiger partial charge < -0.3 is 24.5 Å². The Morgan fingerprint density at radius 3 is 2.60 bits per heavy atom. The molecule has 0 radical (unpaired) electrons. The van der Waals surface area contributed by atoms with Crippen molar-refractivity contribution in [2.75, 3.05) is 72.7 Å². The normalized spacial score (nSPS) is 31.0. The summed E-state index contributed by atoms with van der Waals surface area (Å²) in [5.41, 5.74) is 0. The molecule has 25 heavy (non-hydrogen) atoms. The number of amides is 1. The van der Waals surface area contributed by atoms with Crippen LogP contribution in [-0.4, -0.2) is 98.4 Å². The number of carbonyl (C=O) groups is 1. The minimum atomic E-state index is 0.124. The Balaban J connectivity index is 1.56. The monoisotopic (exact) mass is 353 g/mol. The van der Waals surface area contributed by atoms with Gasteiger partial charge in [0, 0.05) is 58.5 Å². The Bertz CT molecular complexity index is 428. The summed E-state index contributed by atoms with van der Waals surface area (Å²) >= 11 is 0. The first-order valence-electron chi connectivity index (χ1n) is 10.0. The average Bonchev–Trinajstić information content (AvgIpc) is 2.85. The number of aliphatic hydroxyl groups is 1. The molecular weight excluding hydrogens is 318 g/mol. The van der Waals surface area contributed by atoms with Crippen molar-refractivity contribution in [2.45, 2.75) is 25.7 Å². The Morgan fingerprint density at radius 2 is 1.84 bits per heavy atom. The van der Waals surface area contributed by atoms with Crippen LogP contribution < -0.4 is 0 Å². The molecule has 6 heteroatoms. The highest BCUT2D eigenvalue weighted by Crippen LogP contribution is 2.26. The third kappa shape index (κ3) is 5.39. The van der Waals surface area contributed by atoms with Crippen molar-refractivity contribution in [1.82, 2.24) is 14.7 Å². The number of hydrogen-bond acceptors (Lipinski definition) is 5. The van der Waals surface area contributed by atoms with Crippen molar-refractivity contribution in [3.63, 3.8) is 0 Å². The van der Waals surface area contributed by atoms with Crippen LogP contribution in [0.25, 0.3) is 0 Å². The molecule has 3 rings (SSSR count). The second-order valence-electron chi connectivity index (χ2n) is 8.24. The maximum Gasteiger partial charge on any atom is 0.225 e. The van der Waals surface area contributed by atoms with Crippen molar-refractivity contribution >= 4 is 5.91 Å². The zero-order chi connectivity index (χ0) is 17.6. The summed E-state index contributed by atoms with van der Waals surface area (Å²) in [4.78, 5) is 19.9. The van der Waals surface area contributed by atoms with Gasteiger partial charge in [0.2, 0.25) is 5.91 Å². The molecule has 144 valence electrons. The minimum absolute atomic E-state index is 0.124. The maximum atomic E-state index is 12.9. The van der Waals surface area contributed by atoms with Crippen LogP contribution in [0.3, 0.4) is 0 Å². The number of likely N-dealkylation sites (tertiary alicyclic amines) is 1. The van der Waals surface area contributed by atoms with Crippen LogP contribution in [0.1, 0.15) is 25.7 Å². The second-order valence-corrected chi connectivity index (χ2v) is 8.24. The van der Waals surface area contributed by atoms with Gasteiger partial charge in [0.1, 0.15) is 0 Å². The largest absolute Gasteiger partial charge is 0.396 e. The molecule has 3 saturated heterocycles. The fourth-order valence-corrected chi connectivity index (χ4v) is 4.61. The van der Waals surface area contributed by atoms with E-state index in [0.717, 1.165) is 58.5 Å². The molecule has 3 heterocycles. The second kappa shape index (κ2) is 9.31. The quantitative estimate of drug-likeness (QED) is 0.798. The summed E-state index contributed by atoms with van der Waals surface area (Å²) in [6.45, 7) is 8.82. The molecule has 0 aromatic carbocycles. The Kier molecular flexibility index (Phi) is 7.10. The van der Waals surface area contributed by atoms with E-state index in [0.29, 0.717) is 25.0 Å². The molecule has 6 nitrogen and oxygen atoms in total. The Morgan fingerprint density at radius 1 is 1.08 bits per heavy atom.